The van der Waals surface area contributed by atoms with Gasteiger partial charge in [-0.2, -0.15) is 0 Å². The molecule has 1 aromatic rings. The third-order valence-corrected chi connectivity index (χ3v) is 4.42. The van der Waals surface area contributed by atoms with Gasteiger partial charge in [-0.15, -0.1) is 0 Å². The minimum atomic E-state index is 0.0156. The molecule has 0 radical (unpaired) electrons. The lowest BCUT2D eigenvalue weighted by molar-refractivity contribution is 0.411. The van der Waals surface area contributed by atoms with Crippen molar-refractivity contribution in [1.82, 2.24) is 0 Å². The highest BCUT2D eigenvalue weighted by Crippen LogP contribution is 2.40. The fourth-order valence-electron chi connectivity index (χ4n) is 3.26. The summed E-state index contributed by atoms with van der Waals surface area (Å²) in [6.07, 6.45) is 9.20. The van der Waals surface area contributed by atoms with Crippen molar-refractivity contribution >= 4 is 0 Å². The van der Waals surface area contributed by atoms with Gasteiger partial charge >= 0.3 is 0 Å². The molecule has 0 unspecified atom stereocenters. The van der Waals surface area contributed by atoms with E-state index in [1.165, 1.54) is 50.5 Å². The summed E-state index contributed by atoms with van der Waals surface area (Å²) in [5.74, 6) is 1.11. The van der Waals surface area contributed by atoms with E-state index in [1.807, 2.05) is 0 Å². The lowest BCUT2D eigenvalue weighted by Gasteiger charge is -2.26. The summed E-state index contributed by atoms with van der Waals surface area (Å²) >= 11 is 0. The largest absolute Gasteiger partial charge is 0.507 e. The summed E-state index contributed by atoms with van der Waals surface area (Å²) in [5, 5.41) is 10.6. The van der Waals surface area contributed by atoms with Crippen LogP contribution in [0.5, 0.6) is 5.75 Å². The van der Waals surface area contributed by atoms with Crippen molar-refractivity contribution in [3.8, 4) is 5.75 Å². The van der Waals surface area contributed by atoms with E-state index >= 15 is 0 Å². The van der Waals surface area contributed by atoms with Gasteiger partial charge in [-0.3, -0.25) is 0 Å². The summed E-state index contributed by atoms with van der Waals surface area (Å²) in [6.45, 7) is 6.51. The highest BCUT2D eigenvalue weighted by Gasteiger charge is 2.23. The van der Waals surface area contributed by atoms with Gasteiger partial charge in [0.1, 0.15) is 5.75 Å². The molecule has 1 N–H and O–H groups in total. The molecule has 19 heavy (non-hydrogen) atoms. The van der Waals surface area contributed by atoms with Crippen LogP contribution in [0.15, 0.2) is 18.2 Å². The number of hydrogen-bond acceptors (Lipinski definition) is 1. The SMILES string of the molecule is CC(C)(C)c1cccc(C2CCCCCCC2)c1O. The third kappa shape index (κ3) is 3.52. The molecule has 2 rings (SSSR count). The van der Waals surface area contributed by atoms with Crippen LogP contribution < -0.4 is 0 Å². The molecule has 0 saturated heterocycles. The predicted molar refractivity (Wildman–Crippen MR) is 81.9 cm³/mol. The average Bonchev–Trinajstić information content (AvgIpc) is 2.28. The van der Waals surface area contributed by atoms with E-state index in [4.69, 9.17) is 0 Å². The Bertz CT molecular complexity index is 406. The van der Waals surface area contributed by atoms with Crippen molar-refractivity contribution in [3.63, 3.8) is 0 Å². The fourth-order valence-corrected chi connectivity index (χ4v) is 3.26. The van der Waals surface area contributed by atoms with E-state index in [9.17, 15) is 5.11 Å². The van der Waals surface area contributed by atoms with Crippen LogP contribution in [-0.4, -0.2) is 5.11 Å². The van der Waals surface area contributed by atoms with Crippen LogP contribution in [0.25, 0.3) is 0 Å². The molecular weight excluding hydrogens is 232 g/mol. The minimum Gasteiger partial charge on any atom is -0.507 e. The molecule has 0 heterocycles. The molecule has 1 fully saturated rings. The lowest BCUT2D eigenvalue weighted by Crippen LogP contribution is -2.13. The molecule has 0 aromatic heterocycles. The van der Waals surface area contributed by atoms with Gasteiger partial charge < -0.3 is 5.11 Å². The van der Waals surface area contributed by atoms with Gasteiger partial charge in [0.15, 0.2) is 0 Å². The highest BCUT2D eigenvalue weighted by molar-refractivity contribution is 5.45. The number of hydrogen-bond donors (Lipinski definition) is 1. The Labute approximate surface area is 118 Å². The lowest BCUT2D eigenvalue weighted by atomic mass is 9.80. The Hall–Kier alpha value is -0.980. The topological polar surface area (TPSA) is 20.2 Å². The molecular formula is C18H28O. The number of benzene rings is 1. The van der Waals surface area contributed by atoms with Crippen molar-refractivity contribution in [2.24, 2.45) is 0 Å². The summed E-state index contributed by atoms with van der Waals surface area (Å²) < 4.78 is 0. The fraction of sp³-hybridized carbons (Fsp3) is 0.667. The molecule has 1 aliphatic carbocycles. The molecule has 0 amide bonds. The number of para-hydroxylation sites is 1. The normalized spacial score (nSPS) is 18.9. The summed E-state index contributed by atoms with van der Waals surface area (Å²) in [5.41, 5.74) is 2.29. The third-order valence-electron chi connectivity index (χ3n) is 4.42. The molecule has 1 aliphatic rings. The van der Waals surface area contributed by atoms with Gasteiger partial charge in [-0.05, 0) is 35.3 Å². The van der Waals surface area contributed by atoms with Crippen LogP contribution in [0.1, 0.15) is 82.8 Å². The first-order chi connectivity index (χ1) is 9.00. The van der Waals surface area contributed by atoms with Gasteiger partial charge in [0, 0.05) is 0 Å². The van der Waals surface area contributed by atoms with E-state index in [0.29, 0.717) is 11.7 Å². The van der Waals surface area contributed by atoms with Crippen LogP contribution in [0.2, 0.25) is 0 Å². The summed E-state index contributed by atoms with van der Waals surface area (Å²) in [7, 11) is 0. The van der Waals surface area contributed by atoms with Gasteiger partial charge in [-0.1, -0.05) is 71.1 Å². The maximum Gasteiger partial charge on any atom is 0.122 e. The van der Waals surface area contributed by atoms with Gasteiger partial charge in [0.05, 0.1) is 0 Å². The van der Waals surface area contributed by atoms with Crippen molar-refractivity contribution in [1.29, 1.82) is 0 Å². The highest BCUT2D eigenvalue weighted by atomic mass is 16.3. The smallest absolute Gasteiger partial charge is 0.122 e. The van der Waals surface area contributed by atoms with Crippen molar-refractivity contribution < 1.29 is 5.11 Å². The second kappa shape index (κ2) is 5.98. The van der Waals surface area contributed by atoms with Crippen molar-refractivity contribution in [2.45, 2.75) is 77.0 Å². The van der Waals surface area contributed by atoms with E-state index in [-0.39, 0.29) is 5.41 Å². The summed E-state index contributed by atoms with van der Waals surface area (Å²) in [6, 6.07) is 6.33. The standard InChI is InChI=1S/C18H28O/c1-18(2,3)16-13-9-12-15(17(16)19)14-10-7-5-4-6-8-11-14/h9,12-14,19H,4-8,10-11H2,1-3H3. The molecule has 1 aromatic carbocycles. The zero-order valence-corrected chi connectivity index (χ0v) is 12.7. The Morgan fingerprint density at radius 3 is 2.11 bits per heavy atom. The molecule has 1 heteroatoms. The van der Waals surface area contributed by atoms with Crippen molar-refractivity contribution in [3.05, 3.63) is 29.3 Å². The number of phenolic OH excluding ortho intramolecular Hbond substituents is 1. The minimum absolute atomic E-state index is 0.0156. The molecule has 0 atom stereocenters. The zero-order chi connectivity index (χ0) is 13.9. The van der Waals surface area contributed by atoms with Crippen LogP contribution in [0.4, 0.5) is 0 Å². The summed E-state index contributed by atoms with van der Waals surface area (Å²) in [4.78, 5) is 0. The first-order valence-corrected chi connectivity index (χ1v) is 7.82. The van der Waals surface area contributed by atoms with Crippen molar-refractivity contribution in [2.75, 3.05) is 0 Å². The Morgan fingerprint density at radius 2 is 1.53 bits per heavy atom. The van der Waals surface area contributed by atoms with Gasteiger partial charge in [0.25, 0.3) is 0 Å². The van der Waals surface area contributed by atoms with Gasteiger partial charge in [0.2, 0.25) is 0 Å². The van der Waals surface area contributed by atoms with Crippen LogP contribution in [-0.2, 0) is 5.41 Å². The maximum absolute atomic E-state index is 10.6. The van der Waals surface area contributed by atoms with E-state index in [1.54, 1.807) is 0 Å². The molecule has 106 valence electrons. The van der Waals surface area contributed by atoms with Gasteiger partial charge in [-0.25, -0.2) is 0 Å². The molecule has 0 bridgehead atoms. The number of rotatable bonds is 1. The average molecular weight is 260 g/mol. The second-order valence-electron chi connectivity index (χ2n) is 7.04. The Kier molecular flexibility index (Phi) is 4.54. The number of phenols is 1. The van der Waals surface area contributed by atoms with Crippen LogP contribution in [0, 0.1) is 0 Å². The molecule has 0 aliphatic heterocycles. The molecule has 1 nitrogen and oxygen atoms in total. The van der Waals surface area contributed by atoms with E-state index < -0.39 is 0 Å². The first kappa shape index (κ1) is 14.4. The Balaban J connectivity index is 2.28. The quantitative estimate of drug-likeness (QED) is 0.705. The van der Waals surface area contributed by atoms with E-state index in [0.717, 1.165) is 5.56 Å². The molecule has 0 spiro atoms. The first-order valence-electron chi connectivity index (χ1n) is 7.82. The maximum atomic E-state index is 10.6. The zero-order valence-electron chi connectivity index (χ0n) is 12.7. The second-order valence-corrected chi connectivity index (χ2v) is 7.04. The van der Waals surface area contributed by atoms with Crippen LogP contribution >= 0.6 is 0 Å². The monoisotopic (exact) mass is 260 g/mol. The van der Waals surface area contributed by atoms with Crippen LogP contribution in [0.3, 0.4) is 0 Å². The Morgan fingerprint density at radius 1 is 0.947 bits per heavy atom. The number of aromatic hydroxyl groups is 1. The molecule has 1 saturated carbocycles. The van der Waals surface area contributed by atoms with E-state index in [2.05, 4.69) is 39.0 Å². The predicted octanol–water partition coefficient (Wildman–Crippen LogP) is 5.52.